The molecular weight excluding hydrogens is 250 g/mol. The lowest BCUT2D eigenvalue weighted by atomic mass is 10.2. The molecule has 4 nitrogen and oxygen atoms in total. The van der Waals surface area contributed by atoms with E-state index in [4.69, 9.17) is 4.42 Å². The second-order valence-electron chi connectivity index (χ2n) is 4.52. The minimum Gasteiger partial charge on any atom is -0.463 e. The van der Waals surface area contributed by atoms with E-state index in [2.05, 4.69) is 16.3 Å². The Morgan fingerprint density at radius 1 is 1.61 bits per heavy atom. The van der Waals surface area contributed by atoms with Crippen LogP contribution in [-0.2, 0) is 11.3 Å². The molecule has 0 bridgehead atoms. The van der Waals surface area contributed by atoms with Gasteiger partial charge in [-0.1, -0.05) is 0 Å². The first-order valence-electron chi connectivity index (χ1n) is 6.15. The van der Waals surface area contributed by atoms with Crippen LogP contribution in [-0.4, -0.2) is 30.6 Å². The third kappa shape index (κ3) is 3.09. The van der Waals surface area contributed by atoms with E-state index in [1.165, 1.54) is 32.6 Å². The smallest absolute Gasteiger partial charge is 0.374 e. The quantitative estimate of drug-likeness (QED) is 0.832. The van der Waals surface area contributed by atoms with Crippen molar-refractivity contribution in [1.82, 2.24) is 5.32 Å². The molecule has 0 spiro atoms. The Balaban J connectivity index is 1.87. The topological polar surface area (TPSA) is 51.5 Å². The first-order valence-corrected chi connectivity index (χ1v) is 7.44. The second kappa shape index (κ2) is 6.29. The predicted octanol–water partition coefficient (Wildman–Crippen LogP) is 2.44. The number of thioether (sulfide) groups is 1. The van der Waals surface area contributed by atoms with Crippen LogP contribution in [0.25, 0.3) is 0 Å². The fourth-order valence-electron chi connectivity index (χ4n) is 2.34. The molecule has 18 heavy (non-hydrogen) atoms. The van der Waals surface area contributed by atoms with Gasteiger partial charge in [0.2, 0.25) is 5.76 Å². The highest BCUT2D eigenvalue weighted by atomic mass is 32.2. The van der Waals surface area contributed by atoms with Gasteiger partial charge in [-0.05, 0) is 31.6 Å². The van der Waals surface area contributed by atoms with Crippen LogP contribution < -0.4 is 5.32 Å². The molecule has 2 rings (SSSR count). The molecule has 1 fully saturated rings. The Labute approximate surface area is 111 Å². The molecule has 1 aliphatic rings. The summed E-state index contributed by atoms with van der Waals surface area (Å²) >= 11 is 1.94. The number of nitrogens with one attached hydrogen (secondary N) is 1. The zero-order valence-corrected chi connectivity index (χ0v) is 11.6. The van der Waals surface area contributed by atoms with Crippen LogP contribution in [0, 0.1) is 0 Å². The maximum Gasteiger partial charge on any atom is 0.374 e. The van der Waals surface area contributed by atoms with Gasteiger partial charge in [0.25, 0.3) is 0 Å². The number of methoxy groups -OCH3 is 1. The van der Waals surface area contributed by atoms with Crippen LogP contribution in [0.1, 0.15) is 35.4 Å². The van der Waals surface area contributed by atoms with Gasteiger partial charge in [-0.2, -0.15) is 11.8 Å². The fraction of sp³-hybridized carbons (Fsp3) is 0.615. The molecule has 1 saturated carbocycles. The lowest BCUT2D eigenvalue weighted by molar-refractivity contribution is 0.0563. The predicted molar refractivity (Wildman–Crippen MR) is 71.8 cm³/mol. The van der Waals surface area contributed by atoms with Crippen molar-refractivity contribution in [1.29, 1.82) is 0 Å². The normalized spacial score (nSPS) is 23.2. The molecule has 0 saturated heterocycles. The molecule has 1 aliphatic carbocycles. The number of furan rings is 1. The van der Waals surface area contributed by atoms with Gasteiger partial charge in [-0.25, -0.2) is 4.79 Å². The van der Waals surface area contributed by atoms with Gasteiger partial charge < -0.3 is 14.5 Å². The zero-order valence-electron chi connectivity index (χ0n) is 10.8. The minimum absolute atomic E-state index is 0.310. The maximum absolute atomic E-state index is 11.4. The van der Waals surface area contributed by atoms with E-state index in [-0.39, 0.29) is 0 Å². The van der Waals surface area contributed by atoms with E-state index < -0.39 is 5.97 Å². The first kappa shape index (κ1) is 13.5. The van der Waals surface area contributed by atoms with Gasteiger partial charge in [0, 0.05) is 23.4 Å². The molecule has 0 amide bonds. The summed E-state index contributed by atoms with van der Waals surface area (Å²) in [5.41, 5.74) is 0.870. The lowest BCUT2D eigenvalue weighted by Gasteiger charge is -2.12. The fourth-order valence-corrected chi connectivity index (χ4v) is 3.14. The lowest BCUT2D eigenvalue weighted by Crippen LogP contribution is -2.26. The molecule has 5 heteroatoms. The summed E-state index contributed by atoms with van der Waals surface area (Å²) in [6.45, 7) is 0.659. The number of carbonyl (C=O) groups is 1. The molecule has 1 N–H and O–H groups in total. The molecule has 1 heterocycles. The summed E-state index contributed by atoms with van der Waals surface area (Å²) in [6, 6.07) is 2.36. The van der Waals surface area contributed by atoms with Crippen LogP contribution in [0.4, 0.5) is 0 Å². The van der Waals surface area contributed by atoms with Gasteiger partial charge in [0.1, 0.15) is 0 Å². The van der Waals surface area contributed by atoms with Gasteiger partial charge in [-0.15, -0.1) is 0 Å². The highest BCUT2D eigenvalue weighted by molar-refractivity contribution is 7.99. The minimum atomic E-state index is -0.412. The zero-order chi connectivity index (χ0) is 13.0. The van der Waals surface area contributed by atoms with Crippen molar-refractivity contribution in [3.05, 3.63) is 23.7 Å². The van der Waals surface area contributed by atoms with Crippen LogP contribution in [0.15, 0.2) is 16.7 Å². The Morgan fingerprint density at radius 2 is 2.44 bits per heavy atom. The van der Waals surface area contributed by atoms with E-state index in [1.54, 1.807) is 0 Å². The summed E-state index contributed by atoms with van der Waals surface area (Å²) < 4.78 is 9.83. The van der Waals surface area contributed by atoms with Crippen molar-refractivity contribution in [2.24, 2.45) is 0 Å². The molecule has 100 valence electrons. The van der Waals surface area contributed by atoms with Gasteiger partial charge in [0.15, 0.2) is 0 Å². The van der Waals surface area contributed by atoms with Crippen molar-refractivity contribution in [2.45, 2.75) is 37.1 Å². The molecular formula is C13H19NO3S. The van der Waals surface area contributed by atoms with Crippen LogP contribution in [0.3, 0.4) is 0 Å². The van der Waals surface area contributed by atoms with Crippen LogP contribution in [0.5, 0.6) is 0 Å². The number of carbonyl (C=O) groups excluding carboxylic acids is 1. The molecule has 0 radical (unpaired) electrons. The highest BCUT2D eigenvalue weighted by Gasteiger charge is 2.24. The van der Waals surface area contributed by atoms with Crippen molar-refractivity contribution < 1.29 is 13.9 Å². The number of rotatable bonds is 5. The molecule has 2 atom stereocenters. The Hall–Kier alpha value is -0.940. The molecule has 1 aromatic heterocycles. The van der Waals surface area contributed by atoms with Crippen LogP contribution >= 0.6 is 11.8 Å². The Kier molecular flexibility index (Phi) is 4.72. The van der Waals surface area contributed by atoms with Gasteiger partial charge in [0.05, 0.1) is 13.4 Å². The standard InChI is InChI=1S/C13H19NO3S/c1-16-13(15)12-9(5-6-17-12)8-14-10-3-4-11(7-10)18-2/h5-6,10-11,14H,3-4,7-8H2,1-2H3. The number of esters is 1. The van der Waals surface area contributed by atoms with Crippen molar-refractivity contribution in [3.63, 3.8) is 0 Å². The van der Waals surface area contributed by atoms with E-state index in [0.29, 0.717) is 18.3 Å². The average Bonchev–Trinajstić information content (AvgIpc) is 3.03. The highest BCUT2D eigenvalue weighted by Crippen LogP contribution is 2.28. The van der Waals surface area contributed by atoms with E-state index in [1.807, 2.05) is 17.8 Å². The van der Waals surface area contributed by atoms with Crippen molar-refractivity contribution in [2.75, 3.05) is 13.4 Å². The number of hydrogen-bond acceptors (Lipinski definition) is 5. The summed E-state index contributed by atoms with van der Waals surface area (Å²) in [5.74, 6) is -0.102. The van der Waals surface area contributed by atoms with Crippen molar-refractivity contribution in [3.8, 4) is 0 Å². The first-order chi connectivity index (χ1) is 8.74. The summed E-state index contributed by atoms with van der Waals surface area (Å²) in [4.78, 5) is 11.4. The van der Waals surface area contributed by atoms with E-state index in [9.17, 15) is 4.79 Å². The molecule has 0 aromatic carbocycles. The van der Waals surface area contributed by atoms with Gasteiger partial charge >= 0.3 is 5.97 Å². The Morgan fingerprint density at radius 3 is 3.11 bits per heavy atom. The summed E-state index contributed by atoms with van der Waals surface area (Å²) in [6.07, 6.45) is 7.37. The summed E-state index contributed by atoms with van der Waals surface area (Å²) in [5, 5.41) is 4.26. The second-order valence-corrected chi connectivity index (χ2v) is 5.65. The molecule has 0 aliphatic heterocycles. The van der Waals surface area contributed by atoms with E-state index >= 15 is 0 Å². The molecule has 2 unspecified atom stereocenters. The summed E-state index contributed by atoms with van der Waals surface area (Å²) in [7, 11) is 1.36. The monoisotopic (exact) mass is 269 g/mol. The van der Waals surface area contributed by atoms with E-state index in [0.717, 1.165) is 10.8 Å². The number of hydrogen-bond donors (Lipinski definition) is 1. The maximum atomic E-state index is 11.4. The van der Waals surface area contributed by atoms with Gasteiger partial charge in [-0.3, -0.25) is 0 Å². The largest absolute Gasteiger partial charge is 0.463 e. The third-order valence-electron chi connectivity index (χ3n) is 3.42. The van der Waals surface area contributed by atoms with Crippen molar-refractivity contribution >= 4 is 17.7 Å². The number of ether oxygens (including phenoxy) is 1. The third-order valence-corrected chi connectivity index (χ3v) is 4.51. The average molecular weight is 269 g/mol. The SMILES string of the molecule is COC(=O)c1occc1CNC1CCC(SC)C1. The molecule has 1 aromatic rings. The van der Waals surface area contributed by atoms with Crippen LogP contribution in [0.2, 0.25) is 0 Å². The Bertz CT molecular complexity index is 405.